The topological polar surface area (TPSA) is 38.7 Å². The van der Waals surface area contributed by atoms with Gasteiger partial charge in [0.05, 0.1) is 16.8 Å². The lowest BCUT2D eigenvalue weighted by Gasteiger charge is -2.33. The number of hydrogen-bond acceptors (Lipinski definition) is 3. The maximum atomic E-state index is 5.25. The number of aromatic nitrogens is 3. The molecule has 0 amide bonds. The third-order valence-electron chi connectivity index (χ3n) is 9.71. The Labute approximate surface area is 286 Å². The lowest BCUT2D eigenvalue weighted by molar-refractivity contribution is 0.766. The molecule has 0 saturated heterocycles. The summed E-state index contributed by atoms with van der Waals surface area (Å²) >= 11 is 0. The Morgan fingerprint density at radius 1 is 0.347 bits per heavy atom. The summed E-state index contributed by atoms with van der Waals surface area (Å²) in [6, 6.07) is 62.2. The fourth-order valence-electron chi connectivity index (χ4n) is 7.44. The highest BCUT2D eigenvalue weighted by Crippen LogP contribution is 2.56. The van der Waals surface area contributed by atoms with Crippen LogP contribution >= 0.6 is 0 Å². The number of pyridine rings is 1. The van der Waals surface area contributed by atoms with E-state index in [1.807, 2.05) is 24.5 Å². The van der Waals surface area contributed by atoms with Gasteiger partial charge in [0, 0.05) is 29.1 Å². The van der Waals surface area contributed by atoms with Gasteiger partial charge in [-0.3, -0.25) is 4.98 Å². The Hall–Kier alpha value is -6.45. The summed E-state index contributed by atoms with van der Waals surface area (Å²) < 4.78 is 0. The lowest BCUT2D eigenvalue weighted by atomic mass is 9.68. The number of nitrogens with zero attached hydrogens (tertiary/aromatic N) is 3. The Morgan fingerprint density at radius 2 is 0.837 bits per heavy atom. The van der Waals surface area contributed by atoms with Crippen LogP contribution in [0.25, 0.3) is 56.2 Å². The second-order valence-corrected chi connectivity index (χ2v) is 12.4. The summed E-state index contributed by atoms with van der Waals surface area (Å²) in [5, 5.41) is 0. The van der Waals surface area contributed by atoms with E-state index in [1.54, 1.807) is 0 Å². The standard InChI is InChI=1S/C46H31N3/c1-4-12-32(13-5-1)33-20-22-35(23-21-33)44-31-43(34-14-6-2-7-15-34)48-45(49-44)36-24-25-40-39-18-10-11-19-41(39)46(42(40)30-36,37-16-8-3-9-17-37)38-26-28-47-29-27-38/h1-31H. The number of fused-ring (bicyclic) bond motifs is 3. The van der Waals surface area contributed by atoms with Crippen LogP contribution in [0.1, 0.15) is 22.3 Å². The first-order valence-electron chi connectivity index (χ1n) is 16.6. The van der Waals surface area contributed by atoms with Crippen molar-refractivity contribution in [3.05, 3.63) is 211 Å². The number of rotatable bonds is 6. The first-order valence-corrected chi connectivity index (χ1v) is 16.6. The molecule has 0 spiro atoms. The van der Waals surface area contributed by atoms with E-state index in [-0.39, 0.29) is 0 Å². The van der Waals surface area contributed by atoms with Crippen LogP contribution in [-0.4, -0.2) is 15.0 Å². The van der Waals surface area contributed by atoms with Crippen LogP contribution in [0, 0.1) is 0 Å². The minimum atomic E-state index is -0.528. The van der Waals surface area contributed by atoms with Crippen molar-refractivity contribution in [1.82, 2.24) is 15.0 Å². The van der Waals surface area contributed by atoms with Crippen LogP contribution in [0.5, 0.6) is 0 Å². The van der Waals surface area contributed by atoms with Gasteiger partial charge in [-0.15, -0.1) is 0 Å². The molecule has 3 nitrogen and oxygen atoms in total. The molecule has 8 aromatic rings. The van der Waals surface area contributed by atoms with E-state index in [0.717, 1.165) is 28.1 Å². The molecule has 49 heavy (non-hydrogen) atoms. The van der Waals surface area contributed by atoms with Crippen molar-refractivity contribution in [1.29, 1.82) is 0 Å². The van der Waals surface area contributed by atoms with E-state index in [1.165, 1.54) is 44.5 Å². The van der Waals surface area contributed by atoms with E-state index >= 15 is 0 Å². The van der Waals surface area contributed by atoms with Crippen molar-refractivity contribution < 1.29 is 0 Å². The van der Waals surface area contributed by atoms with Crippen LogP contribution in [0.4, 0.5) is 0 Å². The summed E-state index contributed by atoms with van der Waals surface area (Å²) in [7, 11) is 0. The molecule has 9 rings (SSSR count). The highest BCUT2D eigenvalue weighted by molar-refractivity contribution is 5.88. The Bertz CT molecular complexity index is 2370. The highest BCUT2D eigenvalue weighted by atomic mass is 14.9. The third kappa shape index (κ3) is 4.87. The van der Waals surface area contributed by atoms with Crippen LogP contribution in [0.3, 0.4) is 0 Å². The third-order valence-corrected chi connectivity index (χ3v) is 9.71. The zero-order valence-corrected chi connectivity index (χ0v) is 26.7. The van der Waals surface area contributed by atoms with Crippen LogP contribution in [-0.2, 0) is 5.41 Å². The van der Waals surface area contributed by atoms with Gasteiger partial charge in [0.2, 0.25) is 0 Å². The summed E-state index contributed by atoms with van der Waals surface area (Å²) in [5.41, 5.74) is 14.0. The van der Waals surface area contributed by atoms with Crippen molar-refractivity contribution >= 4 is 0 Å². The molecule has 0 radical (unpaired) electrons. The van der Waals surface area contributed by atoms with Crippen molar-refractivity contribution in [3.63, 3.8) is 0 Å². The Balaban J connectivity index is 1.25. The van der Waals surface area contributed by atoms with Gasteiger partial charge >= 0.3 is 0 Å². The van der Waals surface area contributed by atoms with Crippen LogP contribution < -0.4 is 0 Å². The molecular formula is C46H31N3. The molecule has 0 saturated carbocycles. The molecule has 1 atom stereocenters. The minimum Gasteiger partial charge on any atom is -0.265 e. The van der Waals surface area contributed by atoms with Gasteiger partial charge in [0.25, 0.3) is 0 Å². The molecule has 0 bridgehead atoms. The maximum absolute atomic E-state index is 5.25. The molecule has 0 aliphatic heterocycles. The van der Waals surface area contributed by atoms with Crippen LogP contribution in [0.2, 0.25) is 0 Å². The molecule has 1 aliphatic rings. The molecule has 3 heteroatoms. The Kier molecular flexibility index (Phi) is 7.02. The SMILES string of the molecule is c1ccc(-c2ccc(-c3cc(-c4ccccc4)nc(-c4ccc5c(c4)C(c4ccccc4)(c4ccncc4)c4ccccc4-5)n3)cc2)cc1. The first kappa shape index (κ1) is 28.7. The van der Waals surface area contributed by atoms with E-state index in [4.69, 9.17) is 9.97 Å². The van der Waals surface area contributed by atoms with Gasteiger partial charge in [-0.2, -0.15) is 0 Å². The monoisotopic (exact) mass is 625 g/mol. The smallest absolute Gasteiger partial charge is 0.160 e. The van der Waals surface area contributed by atoms with Crippen LogP contribution in [0.15, 0.2) is 188 Å². The maximum Gasteiger partial charge on any atom is 0.160 e. The summed E-state index contributed by atoms with van der Waals surface area (Å²) in [4.78, 5) is 14.9. The van der Waals surface area contributed by atoms with Crippen molar-refractivity contribution in [2.45, 2.75) is 5.41 Å². The number of benzene rings is 6. The average Bonchev–Trinajstić information content (AvgIpc) is 3.49. The predicted octanol–water partition coefficient (Wildman–Crippen LogP) is 10.9. The van der Waals surface area contributed by atoms with Crippen molar-refractivity contribution in [2.24, 2.45) is 0 Å². The second-order valence-electron chi connectivity index (χ2n) is 12.4. The summed E-state index contributed by atoms with van der Waals surface area (Å²) in [5.74, 6) is 0.693. The average molecular weight is 626 g/mol. The zero-order valence-electron chi connectivity index (χ0n) is 26.7. The number of hydrogen-bond donors (Lipinski definition) is 0. The fraction of sp³-hybridized carbons (Fsp3) is 0.0217. The quantitative estimate of drug-likeness (QED) is 0.185. The molecule has 0 fully saturated rings. The molecule has 1 aliphatic carbocycles. The summed E-state index contributed by atoms with van der Waals surface area (Å²) in [6.07, 6.45) is 3.79. The molecule has 1 unspecified atom stereocenters. The van der Waals surface area contributed by atoms with Crippen molar-refractivity contribution in [2.75, 3.05) is 0 Å². The minimum absolute atomic E-state index is 0.528. The van der Waals surface area contributed by atoms with Gasteiger partial charge < -0.3 is 0 Å². The first-order chi connectivity index (χ1) is 24.3. The molecule has 2 aromatic heterocycles. The summed E-state index contributed by atoms with van der Waals surface area (Å²) in [6.45, 7) is 0. The molecule has 230 valence electrons. The van der Waals surface area contributed by atoms with E-state index in [9.17, 15) is 0 Å². The van der Waals surface area contributed by atoms with E-state index in [0.29, 0.717) is 5.82 Å². The Morgan fingerprint density at radius 3 is 1.53 bits per heavy atom. The second kappa shape index (κ2) is 12.0. The largest absolute Gasteiger partial charge is 0.265 e. The fourth-order valence-corrected chi connectivity index (χ4v) is 7.44. The molecule has 6 aromatic carbocycles. The van der Waals surface area contributed by atoms with Gasteiger partial charge in [0.15, 0.2) is 5.82 Å². The van der Waals surface area contributed by atoms with Gasteiger partial charge in [-0.1, -0.05) is 152 Å². The normalized spacial score (nSPS) is 14.6. The van der Waals surface area contributed by atoms with E-state index < -0.39 is 5.41 Å². The zero-order chi connectivity index (χ0) is 32.6. The molecule has 0 N–H and O–H groups in total. The van der Waals surface area contributed by atoms with E-state index in [2.05, 4.69) is 169 Å². The van der Waals surface area contributed by atoms with Gasteiger partial charge in [-0.05, 0) is 68.8 Å². The molecule has 2 heterocycles. The molecular weight excluding hydrogens is 595 g/mol. The predicted molar refractivity (Wildman–Crippen MR) is 199 cm³/mol. The lowest BCUT2D eigenvalue weighted by Crippen LogP contribution is -2.28. The van der Waals surface area contributed by atoms with Crippen molar-refractivity contribution in [3.8, 4) is 56.2 Å². The van der Waals surface area contributed by atoms with Gasteiger partial charge in [-0.25, -0.2) is 9.97 Å². The highest BCUT2D eigenvalue weighted by Gasteiger charge is 2.46. The van der Waals surface area contributed by atoms with Gasteiger partial charge in [0.1, 0.15) is 0 Å².